The van der Waals surface area contributed by atoms with E-state index in [1.54, 1.807) is 0 Å². The molecule has 88 valence electrons. The van der Waals surface area contributed by atoms with E-state index in [-0.39, 0.29) is 6.42 Å². The van der Waals surface area contributed by atoms with Crippen molar-refractivity contribution in [3.8, 4) is 11.3 Å². The molecule has 5 heteroatoms. The summed E-state index contributed by atoms with van der Waals surface area (Å²) in [4.78, 5) is 14.6. The van der Waals surface area contributed by atoms with Crippen molar-refractivity contribution in [3.05, 3.63) is 40.9 Å². The Kier molecular flexibility index (Phi) is 3.58. The van der Waals surface area contributed by atoms with Crippen LogP contribution in [0.25, 0.3) is 11.3 Å². The number of carboxylic acids is 1. The predicted molar refractivity (Wildman–Crippen MR) is 65.6 cm³/mol. The minimum absolute atomic E-state index is 0.0404. The van der Waals surface area contributed by atoms with Crippen molar-refractivity contribution in [3.63, 3.8) is 0 Å². The second-order valence-corrected chi connectivity index (χ2v) is 4.44. The highest BCUT2D eigenvalue weighted by molar-refractivity contribution is 9.10. The molecule has 0 aliphatic rings. The Morgan fingerprint density at radius 3 is 2.71 bits per heavy atom. The Bertz CT molecular complexity index is 519. The SMILES string of the molecule is O=C(O)CCc1ocnc1-c1ccc(Br)cc1. The largest absolute Gasteiger partial charge is 0.481 e. The fraction of sp³-hybridized carbons (Fsp3) is 0.167. The van der Waals surface area contributed by atoms with E-state index in [2.05, 4.69) is 20.9 Å². The van der Waals surface area contributed by atoms with E-state index in [9.17, 15) is 4.79 Å². The van der Waals surface area contributed by atoms with Gasteiger partial charge < -0.3 is 9.52 Å². The molecule has 0 spiro atoms. The van der Waals surface area contributed by atoms with Gasteiger partial charge in [-0.05, 0) is 12.1 Å². The molecule has 0 saturated carbocycles. The fourth-order valence-electron chi connectivity index (χ4n) is 1.51. The lowest BCUT2D eigenvalue weighted by molar-refractivity contribution is -0.137. The van der Waals surface area contributed by atoms with Crippen LogP contribution < -0.4 is 0 Å². The molecule has 0 amide bonds. The van der Waals surface area contributed by atoms with Crippen LogP contribution in [-0.2, 0) is 11.2 Å². The number of aliphatic carboxylic acids is 1. The summed E-state index contributed by atoms with van der Waals surface area (Å²) in [6, 6.07) is 7.63. The van der Waals surface area contributed by atoms with E-state index in [0.29, 0.717) is 17.9 Å². The van der Waals surface area contributed by atoms with Gasteiger partial charge in [-0.3, -0.25) is 4.79 Å². The lowest BCUT2D eigenvalue weighted by Crippen LogP contribution is -1.97. The van der Waals surface area contributed by atoms with Gasteiger partial charge in [0.15, 0.2) is 6.39 Å². The number of rotatable bonds is 4. The second-order valence-electron chi connectivity index (χ2n) is 3.52. The number of carboxylic acid groups (broad SMARTS) is 1. The maximum atomic E-state index is 10.5. The van der Waals surface area contributed by atoms with E-state index >= 15 is 0 Å². The molecule has 1 heterocycles. The van der Waals surface area contributed by atoms with Gasteiger partial charge in [0, 0.05) is 16.5 Å². The summed E-state index contributed by atoms with van der Waals surface area (Å²) < 4.78 is 6.20. The summed E-state index contributed by atoms with van der Waals surface area (Å²) in [6.45, 7) is 0. The number of benzene rings is 1. The molecule has 0 aliphatic carbocycles. The molecular formula is C12H10BrNO3. The molecule has 0 atom stereocenters. The van der Waals surface area contributed by atoms with Gasteiger partial charge in [-0.2, -0.15) is 0 Å². The molecule has 0 radical (unpaired) electrons. The molecule has 1 aromatic carbocycles. The Morgan fingerprint density at radius 2 is 2.06 bits per heavy atom. The molecule has 17 heavy (non-hydrogen) atoms. The highest BCUT2D eigenvalue weighted by Crippen LogP contribution is 2.24. The van der Waals surface area contributed by atoms with Gasteiger partial charge in [0.1, 0.15) is 11.5 Å². The van der Waals surface area contributed by atoms with Crippen molar-refractivity contribution in [1.29, 1.82) is 0 Å². The van der Waals surface area contributed by atoms with Crippen LogP contribution in [0.15, 0.2) is 39.5 Å². The van der Waals surface area contributed by atoms with E-state index in [0.717, 1.165) is 10.0 Å². The molecule has 0 saturated heterocycles. The molecule has 1 N–H and O–H groups in total. The summed E-state index contributed by atoms with van der Waals surface area (Å²) in [5.74, 6) is -0.238. The Labute approximate surface area is 106 Å². The zero-order chi connectivity index (χ0) is 12.3. The molecule has 4 nitrogen and oxygen atoms in total. The minimum Gasteiger partial charge on any atom is -0.481 e. The van der Waals surface area contributed by atoms with Gasteiger partial charge in [-0.1, -0.05) is 28.1 Å². The third-order valence-electron chi connectivity index (χ3n) is 2.32. The van der Waals surface area contributed by atoms with Crippen LogP contribution >= 0.6 is 15.9 Å². The first-order valence-corrected chi connectivity index (χ1v) is 5.86. The molecule has 0 aliphatic heterocycles. The quantitative estimate of drug-likeness (QED) is 0.941. The van der Waals surface area contributed by atoms with Crippen molar-refractivity contribution in [2.24, 2.45) is 0 Å². The van der Waals surface area contributed by atoms with Gasteiger partial charge >= 0.3 is 5.97 Å². The zero-order valence-electron chi connectivity index (χ0n) is 8.89. The van der Waals surface area contributed by atoms with Gasteiger partial charge in [0.2, 0.25) is 0 Å². The molecule has 0 bridgehead atoms. The third-order valence-corrected chi connectivity index (χ3v) is 2.85. The lowest BCUT2D eigenvalue weighted by Gasteiger charge is -2.00. The third kappa shape index (κ3) is 2.94. The Balaban J connectivity index is 2.24. The van der Waals surface area contributed by atoms with Crippen LogP contribution in [0.4, 0.5) is 0 Å². The molecular weight excluding hydrogens is 286 g/mol. The van der Waals surface area contributed by atoms with Crippen LogP contribution in [0.2, 0.25) is 0 Å². The summed E-state index contributed by atoms with van der Waals surface area (Å²) in [5.41, 5.74) is 1.63. The van der Waals surface area contributed by atoms with Gasteiger partial charge in [-0.25, -0.2) is 4.98 Å². The van der Waals surface area contributed by atoms with Gasteiger partial charge in [0.05, 0.1) is 6.42 Å². The van der Waals surface area contributed by atoms with Crippen LogP contribution in [0.5, 0.6) is 0 Å². The van der Waals surface area contributed by atoms with E-state index in [4.69, 9.17) is 9.52 Å². The molecule has 0 unspecified atom stereocenters. The van der Waals surface area contributed by atoms with Crippen molar-refractivity contribution in [1.82, 2.24) is 4.98 Å². The van der Waals surface area contributed by atoms with Crippen LogP contribution in [-0.4, -0.2) is 16.1 Å². The van der Waals surface area contributed by atoms with Crippen LogP contribution in [0.1, 0.15) is 12.2 Å². The maximum absolute atomic E-state index is 10.5. The first-order chi connectivity index (χ1) is 8.16. The topological polar surface area (TPSA) is 63.3 Å². The number of hydrogen-bond donors (Lipinski definition) is 1. The summed E-state index contributed by atoms with van der Waals surface area (Å²) >= 11 is 3.36. The fourth-order valence-corrected chi connectivity index (χ4v) is 1.78. The number of oxazole rings is 1. The molecule has 2 rings (SSSR count). The van der Waals surface area contributed by atoms with Gasteiger partial charge in [-0.15, -0.1) is 0 Å². The number of aromatic nitrogens is 1. The highest BCUT2D eigenvalue weighted by atomic mass is 79.9. The smallest absolute Gasteiger partial charge is 0.303 e. The number of aryl methyl sites for hydroxylation is 1. The molecule has 1 aromatic heterocycles. The van der Waals surface area contributed by atoms with Crippen molar-refractivity contribution in [2.45, 2.75) is 12.8 Å². The molecule has 2 aromatic rings. The minimum atomic E-state index is -0.844. The van der Waals surface area contributed by atoms with Crippen LogP contribution in [0.3, 0.4) is 0 Å². The van der Waals surface area contributed by atoms with E-state index in [1.165, 1.54) is 6.39 Å². The highest BCUT2D eigenvalue weighted by Gasteiger charge is 2.11. The van der Waals surface area contributed by atoms with Crippen molar-refractivity contribution >= 4 is 21.9 Å². The summed E-state index contributed by atoms with van der Waals surface area (Å²) in [5, 5.41) is 8.64. The van der Waals surface area contributed by atoms with E-state index < -0.39 is 5.97 Å². The number of hydrogen-bond acceptors (Lipinski definition) is 3. The normalized spacial score (nSPS) is 10.4. The second kappa shape index (κ2) is 5.14. The van der Waals surface area contributed by atoms with Crippen LogP contribution in [0, 0.1) is 0 Å². The summed E-state index contributed by atoms with van der Waals surface area (Å²) in [6.07, 6.45) is 1.73. The van der Waals surface area contributed by atoms with Crippen molar-refractivity contribution in [2.75, 3.05) is 0 Å². The Hall–Kier alpha value is -1.62. The van der Waals surface area contributed by atoms with Crippen molar-refractivity contribution < 1.29 is 14.3 Å². The number of halogens is 1. The number of carbonyl (C=O) groups is 1. The average molecular weight is 296 g/mol. The van der Waals surface area contributed by atoms with E-state index in [1.807, 2.05) is 24.3 Å². The molecule has 0 fully saturated rings. The predicted octanol–water partition coefficient (Wildman–Crippen LogP) is 3.12. The van der Waals surface area contributed by atoms with Gasteiger partial charge in [0.25, 0.3) is 0 Å². The average Bonchev–Trinajstić information content (AvgIpc) is 2.75. The number of nitrogens with zero attached hydrogens (tertiary/aromatic N) is 1. The standard InChI is InChI=1S/C12H10BrNO3/c13-9-3-1-8(2-4-9)12-10(17-7-14-12)5-6-11(15)16/h1-4,7H,5-6H2,(H,15,16). The monoisotopic (exact) mass is 295 g/mol. The zero-order valence-corrected chi connectivity index (χ0v) is 10.5. The first-order valence-electron chi connectivity index (χ1n) is 5.07. The summed E-state index contributed by atoms with van der Waals surface area (Å²) in [7, 11) is 0. The lowest BCUT2D eigenvalue weighted by atomic mass is 10.1. The first kappa shape index (κ1) is 11.9. The Morgan fingerprint density at radius 1 is 1.35 bits per heavy atom. The maximum Gasteiger partial charge on any atom is 0.303 e.